The second-order valence-electron chi connectivity index (χ2n) is 9.55. The molecule has 0 saturated heterocycles. The molecular weight excluding hydrogens is 600 g/mol. The van der Waals surface area contributed by atoms with E-state index in [4.69, 9.17) is 72.7 Å². The van der Waals surface area contributed by atoms with Gasteiger partial charge in [0, 0.05) is 13.1 Å². The minimum Gasteiger partial charge on any atom is -0.491 e. The summed E-state index contributed by atoms with van der Waals surface area (Å²) in [4.78, 5) is 0. The number of hydrogen-bond acceptors (Lipinski definition) is 16. The zero-order chi connectivity index (χ0) is 33.5. The van der Waals surface area contributed by atoms with Gasteiger partial charge in [-0.1, -0.05) is 24.3 Å². The lowest BCUT2D eigenvalue weighted by atomic mass is 10.2. The van der Waals surface area contributed by atoms with Gasteiger partial charge in [-0.3, -0.25) is 23.4 Å². The van der Waals surface area contributed by atoms with E-state index in [9.17, 15) is 0 Å². The summed E-state index contributed by atoms with van der Waals surface area (Å²) in [6, 6.07) is 15.5. The average molecular weight is 657 g/mol. The summed E-state index contributed by atoms with van der Waals surface area (Å²) in [5.74, 6) is 22.4. The van der Waals surface area contributed by atoms with Gasteiger partial charge in [-0.25, -0.2) is 0 Å². The molecule has 0 aliphatic heterocycles. The van der Waals surface area contributed by atoms with Crippen LogP contribution in [0.15, 0.2) is 48.5 Å². The largest absolute Gasteiger partial charge is 0.491 e. The molecule has 264 valence electrons. The van der Waals surface area contributed by atoms with E-state index in [0.29, 0.717) is 119 Å². The van der Waals surface area contributed by atoms with E-state index >= 15 is 0 Å². The van der Waals surface area contributed by atoms with Crippen LogP contribution >= 0.6 is 0 Å². The maximum atomic E-state index is 5.62. The molecule has 2 rings (SSSR count). The van der Waals surface area contributed by atoms with Crippen molar-refractivity contribution in [2.45, 2.75) is 13.1 Å². The Balaban J connectivity index is 0.000000533. The fourth-order valence-electron chi connectivity index (χ4n) is 3.39. The van der Waals surface area contributed by atoms with Crippen LogP contribution in [0.25, 0.3) is 0 Å². The van der Waals surface area contributed by atoms with Gasteiger partial charge in [-0.2, -0.15) is 10.2 Å². The van der Waals surface area contributed by atoms with Gasteiger partial charge in [0.25, 0.3) is 0 Å². The molecule has 0 fully saturated rings. The highest BCUT2D eigenvalue weighted by Gasteiger charge is 1.99. The highest BCUT2D eigenvalue weighted by Crippen LogP contribution is 2.13. The van der Waals surface area contributed by atoms with Crippen molar-refractivity contribution in [3.63, 3.8) is 0 Å². The van der Waals surface area contributed by atoms with Crippen molar-refractivity contribution in [2.24, 2.45) is 34.8 Å². The monoisotopic (exact) mass is 656 g/mol. The summed E-state index contributed by atoms with van der Waals surface area (Å²) in [6.45, 7) is 9.07. The highest BCUT2D eigenvalue weighted by atomic mass is 16.6. The third kappa shape index (κ3) is 25.6. The van der Waals surface area contributed by atoms with E-state index in [2.05, 4.69) is 0 Å². The third-order valence-corrected chi connectivity index (χ3v) is 5.74. The third-order valence-electron chi connectivity index (χ3n) is 5.74. The van der Waals surface area contributed by atoms with Crippen LogP contribution in [0.3, 0.4) is 0 Å². The predicted molar refractivity (Wildman–Crippen MR) is 175 cm³/mol. The van der Waals surface area contributed by atoms with Crippen molar-refractivity contribution in [1.82, 2.24) is 10.2 Å². The molecule has 0 spiro atoms. The van der Waals surface area contributed by atoms with E-state index < -0.39 is 0 Å². The molecule has 12 N–H and O–H groups in total. The summed E-state index contributed by atoms with van der Waals surface area (Å²) >= 11 is 0. The van der Waals surface area contributed by atoms with Crippen molar-refractivity contribution in [3.05, 3.63) is 59.7 Å². The Morgan fingerprint density at radius 2 is 0.717 bits per heavy atom. The lowest BCUT2D eigenvalue weighted by Gasteiger charge is -2.10. The van der Waals surface area contributed by atoms with E-state index in [0.717, 1.165) is 32.9 Å². The van der Waals surface area contributed by atoms with Crippen molar-refractivity contribution >= 4 is 0 Å². The molecule has 0 aromatic heterocycles. The maximum Gasteiger partial charge on any atom is 0.119 e. The normalized spacial score (nSPS) is 11.1. The number of nitrogens with zero attached hydrogens (tertiary/aromatic N) is 2. The fraction of sp³-hybridized carbons (Fsp3) is 0.600. The van der Waals surface area contributed by atoms with Crippen LogP contribution in [0.5, 0.6) is 11.5 Å². The lowest BCUT2D eigenvalue weighted by Crippen LogP contribution is -2.40. The van der Waals surface area contributed by atoms with Gasteiger partial charge in [0.1, 0.15) is 24.7 Å². The van der Waals surface area contributed by atoms with E-state index in [1.165, 1.54) is 0 Å². The molecule has 0 aliphatic rings. The Morgan fingerprint density at radius 1 is 0.413 bits per heavy atom. The zero-order valence-corrected chi connectivity index (χ0v) is 27.0. The molecule has 0 aliphatic carbocycles. The Hall–Kier alpha value is -2.52. The van der Waals surface area contributed by atoms with Crippen molar-refractivity contribution < 1.29 is 37.9 Å². The average Bonchev–Trinajstić information content (AvgIpc) is 3.06. The smallest absolute Gasteiger partial charge is 0.119 e. The zero-order valence-electron chi connectivity index (χ0n) is 27.0. The summed E-state index contributed by atoms with van der Waals surface area (Å²) in [5, 5.41) is 2.15. The molecule has 46 heavy (non-hydrogen) atoms. The van der Waals surface area contributed by atoms with Crippen LogP contribution in [0.4, 0.5) is 0 Å². The Labute approximate surface area is 272 Å². The van der Waals surface area contributed by atoms with Gasteiger partial charge < -0.3 is 49.4 Å². The van der Waals surface area contributed by atoms with Crippen molar-refractivity contribution in [3.8, 4) is 11.5 Å². The molecule has 0 radical (unpaired) electrons. The number of benzene rings is 2. The minimum absolute atomic E-state index is 0.482. The molecule has 0 unspecified atom stereocenters. The van der Waals surface area contributed by atoms with Crippen LogP contribution in [0.2, 0.25) is 0 Å². The summed E-state index contributed by atoms with van der Waals surface area (Å²) in [7, 11) is 0. The molecular formula is C30H56N8O8. The summed E-state index contributed by atoms with van der Waals surface area (Å²) in [6.07, 6.45) is 0. The quantitative estimate of drug-likeness (QED) is 0.0375. The summed E-state index contributed by atoms with van der Waals surface area (Å²) < 4.78 is 43.3. The molecule has 2 aromatic carbocycles. The second kappa shape index (κ2) is 29.9. The lowest BCUT2D eigenvalue weighted by molar-refractivity contribution is 0.00498. The van der Waals surface area contributed by atoms with E-state index in [-0.39, 0.29) is 0 Å². The maximum absolute atomic E-state index is 5.62. The molecule has 16 heteroatoms. The molecule has 0 amide bonds. The number of nitrogens with two attached hydrogens (primary N) is 6. The molecule has 16 nitrogen and oxygen atoms in total. The van der Waals surface area contributed by atoms with Gasteiger partial charge >= 0.3 is 0 Å². The molecule has 0 saturated carbocycles. The van der Waals surface area contributed by atoms with Crippen molar-refractivity contribution in [1.29, 1.82) is 0 Å². The molecule has 0 bridgehead atoms. The number of ether oxygens (including phenoxy) is 8. The van der Waals surface area contributed by atoms with Crippen LogP contribution < -0.4 is 44.3 Å². The van der Waals surface area contributed by atoms with Gasteiger partial charge in [0.15, 0.2) is 0 Å². The molecule has 0 heterocycles. The topological polar surface area (TPSA) is 236 Å². The number of rotatable bonds is 28. The van der Waals surface area contributed by atoms with Gasteiger partial charge in [-0.15, -0.1) is 0 Å². The minimum atomic E-state index is 0.482. The Morgan fingerprint density at radius 3 is 1.02 bits per heavy atom. The first-order valence-electron chi connectivity index (χ1n) is 15.3. The number of hydrogen-bond donors (Lipinski definition) is 6. The Bertz CT molecular complexity index is 891. The predicted octanol–water partition coefficient (Wildman–Crippen LogP) is -0.753. The standard InChI is InChI=1S/C22H32N2O5.C8H24N6O3/c23-17-19-3-1-5-21(15-19)28-13-11-26-9-7-25-8-10-27-12-14-29-22-6-2-4-20(16-22)18-24;9-13(10)1-3-15-5-7-17-8-6-16-4-2-14(11)12/h1-6,15-16H,7-14,17-18,23-24H2;1-12H2. The molecule has 0 atom stereocenters. The first kappa shape index (κ1) is 41.5. The van der Waals surface area contributed by atoms with Gasteiger partial charge in [0.05, 0.1) is 92.4 Å². The van der Waals surface area contributed by atoms with Crippen LogP contribution in [0.1, 0.15) is 11.1 Å². The SMILES string of the molecule is NCc1cccc(OCCOCCOCCOCCOc2cccc(CN)c2)c1.NN(N)CCOCCOCCOCCN(N)N. The highest BCUT2D eigenvalue weighted by molar-refractivity contribution is 5.29. The van der Waals surface area contributed by atoms with E-state index in [1.807, 2.05) is 48.5 Å². The first-order chi connectivity index (χ1) is 22.4. The van der Waals surface area contributed by atoms with E-state index in [1.54, 1.807) is 0 Å². The summed E-state index contributed by atoms with van der Waals surface area (Å²) in [5.41, 5.74) is 13.3. The first-order valence-corrected chi connectivity index (χ1v) is 15.3. The Kier molecular flexibility index (Phi) is 26.9. The van der Waals surface area contributed by atoms with Gasteiger partial charge in [0.2, 0.25) is 0 Å². The van der Waals surface area contributed by atoms with Crippen LogP contribution in [-0.4, -0.2) is 116 Å². The number of hydrazine groups is 4. The van der Waals surface area contributed by atoms with Crippen molar-refractivity contribution in [2.75, 3.05) is 106 Å². The van der Waals surface area contributed by atoms with Crippen LogP contribution in [0, 0.1) is 0 Å². The molecule has 2 aromatic rings. The second-order valence-corrected chi connectivity index (χ2v) is 9.55. The fourth-order valence-corrected chi connectivity index (χ4v) is 3.39. The van der Waals surface area contributed by atoms with Gasteiger partial charge in [-0.05, 0) is 35.4 Å². The van der Waals surface area contributed by atoms with Crippen LogP contribution in [-0.2, 0) is 41.5 Å².